The number of imidazole rings is 1. The highest BCUT2D eigenvalue weighted by Gasteiger charge is 2.04. The number of aromatic nitrogens is 2. The van der Waals surface area contributed by atoms with E-state index in [4.69, 9.17) is 5.11 Å². The van der Waals surface area contributed by atoms with Crippen LogP contribution in [0.15, 0.2) is 4.60 Å². The zero-order chi connectivity index (χ0) is 8.27. The van der Waals surface area contributed by atoms with Gasteiger partial charge in [0.25, 0.3) is 0 Å². The summed E-state index contributed by atoms with van der Waals surface area (Å²) in [5.41, 5.74) is 1.09. The zero-order valence-corrected chi connectivity index (χ0v) is 7.98. The molecule has 2 N–H and O–H groups in total. The molecule has 1 heterocycles. The molecule has 1 rings (SSSR count). The van der Waals surface area contributed by atoms with Crippen LogP contribution in [0.1, 0.15) is 18.4 Å². The maximum atomic E-state index is 8.62. The van der Waals surface area contributed by atoms with Crippen LogP contribution in [0.4, 0.5) is 0 Å². The summed E-state index contributed by atoms with van der Waals surface area (Å²) >= 11 is 3.32. The van der Waals surface area contributed by atoms with Crippen LogP contribution in [0.2, 0.25) is 0 Å². The molecular formula is C7H11BrN2O. The first-order valence-corrected chi connectivity index (χ1v) is 4.41. The summed E-state index contributed by atoms with van der Waals surface area (Å²) in [5, 5.41) is 8.62. The molecule has 1 aromatic heterocycles. The van der Waals surface area contributed by atoms with E-state index in [0.29, 0.717) is 6.42 Å². The molecule has 3 nitrogen and oxygen atoms in total. The number of nitrogens with zero attached hydrogens (tertiary/aromatic N) is 1. The molecule has 0 fully saturated rings. The lowest BCUT2D eigenvalue weighted by Crippen LogP contribution is -1.92. The molecule has 11 heavy (non-hydrogen) atoms. The van der Waals surface area contributed by atoms with Gasteiger partial charge in [0.15, 0.2) is 0 Å². The fourth-order valence-corrected chi connectivity index (χ4v) is 1.49. The Kier molecular flexibility index (Phi) is 3.08. The highest BCUT2D eigenvalue weighted by Crippen LogP contribution is 2.13. The van der Waals surface area contributed by atoms with Crippen molar-refractivity contribution in [1.29, 1.82) is 0 Å². The van der Waals surface area contributed by atoms with Gasteiger partial charge < -0.3 is 10.1 Å². The maximum absolute atomic E-state index is 8.62. The molecule has 0 unspecified atom stereocenters. The topological polar surface area (TPSA) is 48.9 Å². The zero-order valence-electron chi connectivity index (χ0n) is 6.39. The average Bonchev–Trinajstić information content (AvgIpc) is 2.32. The number of aryl methyl sites for hydroxylation is 1. The Morgan fingerprint density at radius 2 is 2.36 bits per heavy atom. The third-order valence-corrected chi connectivity index (χ3v) is 2.14. The lowest BCUT2D eigenvalue weighted by Gasteiger charge is -1.89. The van der Waals surface area contributed by atoms with Crippen molar-refractivity contribution in [3.63, 3.8) is 0 Å². The van der Waals surface area contributed by atoms with Crippen molar-refractivity contribution in [2.45, 2.75) is 19.8 Å². The molecule has 0 amide bonds. The lowest BCUT2D eigenvalue weighted by atomic mass is 10.4. The van der Waals surface area contributed by atoms with Crippen molar-refractivity contribution < 1.29 is 5.11 Å². The first-order chi connectivity index (χ1) is 5.27. The molecule has 0 aliphatic carbocycles. The summed E-state index contributed by atoms with van der Waals surface area (Å²) in [7, 11) is 0. The van der Waals surface area contributed by atoms with E-state index in [1.807, 2.05) is 0 Å². The van der Waals surface area contributed by atoms with Crippen LogP contribution in [-0.2, 0) is 12.8 Å². The molecule has 4 heteroatoms. The number of halogens is 1. The maximum Gasteiger partial charge on any atom is 0.127 e. The van der Waals surface area contributed by atoms with E-state index < -0.39 is 0 Å². The SMILES string of the molecule is CCc1[nH]c(CCO)nc1Br. The lowest BCUT2D eigenvalue weighted by molar-refractivity contribution is 0.297. The van der Waals surface area contributed by atoms with Gasteiger partial charge >= 0.3 is 0 Å². The number of aromatic amines is 1. The molecule has 0 saturated carbocycles. The minimum Gasteiger partial charge on any atom is -0.396 e. The number of rotatable bonds is 3. The van der Waals surface area contributed by atoms with Gasteiger partial charge in [-0.15, -0.1) is 0 Å². The highest BCUT2D eigenvalue weighted by atomic mass is 79.9. The standard InChI is InChI=1S/C7H11BrN2O/c1-2-5-7(8)10-6(9-5)3-4-11/h11H,2-4H2,1H3,(H,9,10). The summed E-state index contributed by atoms with van der Waals surface area (Å²) in [4.78, 5) is 7.29. The predicted octanol–water partition coefficient (Wildman–Crippen LogP) is 1.27. The van der Waals surface area contributed by atoms with Gasteiger partial charge in [-0.25, -0.2) is 4.98 Å². The van der Waals surface area contributed by atoms with E-state index in [1.54, 1.807) is 0 Å². The first kappa shape index (κ1) is 8.74. The van der Waals surface area contributed by atoms with Crippen LogP contribution in [0.3, 0.4) is 0 Å². The van der Waals surface area contributed by atoms with Gasteiger partial charge in [0.1, 0.15) is 10.4 Å². The number of nitrogens with one attached hydrogen (secondary N) is 1. The van der Waals surface area contributed by atoms with Crippen molar-refractivity contribution in [2.75, 3.05) is 6.61 Å². The van der Waals surface area contributed by atoms with Crippen LogP contribution >= 0.6 is 15.9 Å². The quantitative estimate of drug-likeness (QED) is 0.804. The Balaban J connectivity index is 2.77. The molecular weight excluding hydrogens is 208 g/mol. The fourth-order valence-electron chi connectivity index (χ4n) is 0.898. The van der Waals surface area contributed by atoms with Crippen molar-refractivity contribution in [2.24, 2.45) is 0 Å². The number of H-pyrrole nitrogens is 1. The summed E-state index contributed by atoms with van der Waals surface area (Å²) < 4.78 is 0.864. The van der Waals surface area contributed by atoms with E-state index >= 15 is 0 Å². The predicted molar refractivity (Wildman–Crippen MR) is 46.5 cm³/mol. The first-order valence-electron chi connectivity index (χ1n) is 3.62. The van der Waals surface area contributed by atoms with E-state index in [2.05, 4.69) is 32.8 Å². The van der Waals surface area contributed by atoms with Gasteiger partial charge in [-0.05, 0) is 22.4 Å². The van der Waals surface area contributed by atoms with Gasteiger partial charge in [-0.2, -0.15) is 0 Å². The minimum atomic E-state index is 0.142. The summed E-state index contributed by atoms with van der Waals surface area (Å²) in [6.45, 7) is 2.20. The third-order valence-electron chi connectivity index (χ3n) is 1.48. The number of aliphatic hydroxyl groups excluding tert-OH is 1. The Labute approximate surface area is 74.0 Å². The molecule has 0 spiro atoms. The minimum absolute atomic E-state index is 0.142. The molecule has 0 atom stereocenters. The average molecular weight is 219 g/mol. The Morgan fingerprint density at radius 3 is 2.82 bits per heavy atom. The van der Waals surface area contributed by atoms with Crippen molar-refractivity contribution in [3.05, 3.63) is 16.1 Å². The second kappa shape index (κ2) is 3.88. The largest absolute Gasteiger partial charge is 0.396 e. The summed E-state index contributed by atoms with van der Waals surface area (Å²) in [6.07, 6.45) is 1.53. The molecule has 0 saturated heterocycles. The number of hydrogen-bond donors (Lipinski definition) is 2. The third kappa shape index (κ3) is 2.04. The monoisotopic (exact) mass is 218 g/mol. The van der Waals surface area contributed by atoms with E-state index in [0.717, 1.165) is 22.5 Å². The Morgan fingerprint density at radius 1 is 1.64 bits per heavy atom. The van der Waals surface area contributed by atoms with Gasteiger partial charge in [-0.1, -0.05) is 6.92 Å². The van der Waals surface area contributed by atoms with Crippen molar-refractivity contribution in [3.8, 4) is 0 Å². The molecule has 1 aromatic rings. The summed E-state index contributed by atoms with van der Waals surface area (Å²) in [5.74, 6) is 0.844. The highest BCUT2D eigenvalue weighted by molar-refractivity contribution is 9.10. The van der Waals surface area contributed by atoms with Crippen LogP contribution < -0.4 is 0 Å². The van der Waals surface area contributed by atoms with Crippen LogP contribution in [-0.4, -0.2) is 21.7 Å². The van der Waals surface area contributed by atoms with Crippen molar-refractivity contribution in [1.82, 2.24) is 9.97 Å². The molecule has 0 bridgehead atoms. The molecule has 0 aromatic carbocycles. The molecule has 0 aliphatic rings. The second-order valence-corrected chi connectivity index (χ2v) is 3.03. The van der Waals surface area contributed by atoms with Gasteiger partial charge in [-0.3, -0.25) is 0 Å². The van der Waals surface area contributed by atoms with E-state index in [-0.39, 0.29) is 6.61 Å². The van der Waals surface area contributed by atoms with Gasteiger partial charge in [0.05, 0.1) is 6.61 Å². The van der Waals surface area contributed by atoms with Gasteiger partial charge in [0.2, 0.25) is 0 Å². The van der Waals surface area contributed by atoms with Crippen LogP contribution in [0.25, 0.3) is 0 Å². The van der Waals surface area contributed by atoms with Crippen LogP contribution in [0.5, 0.6) is 0 Å². The van der Waals surface area contributed by atoms with E-state index in [9.17, 15) is 0 Å². The molecule has 0 aliphatic heterocycles. The number of hydrogen-bond acceptors (Lipinski definition) is 2. The number of aliphatic hydroxyl groups is 1. The van der Waals surface area contributed by atoms with Crippen LogP contribution in [0, 0.1) is 0 Å². The smallest absolute Gasteiger partial charge is 0.127 e. The normalized spacial score (nSPS) is 10.5. The fraction of sp³-hybridized carbons (Fsp3) is 0.571. The summed E-state index contributed by atoms with van der Waals surface area (Å²) in [6, 6.07) is 0. The van der Waals surface area contributed by atoms with Crippen molar-refractivity contribution >= 4 is 15.9 Å². The Bertz CT molecular complexity index is 234. The Hall–Kier alpha value is -0.350. The second-order valence-electron chi connectivity index (χ2n) is 2.28. The van der Waals surface area contributed by atoms with Gasteiger partial charge in [0, 0.05) is 12.1 Å². The van der Waals surface area contributed by atoms with E-state index in [1.165, 1.54) is 0 Å². The molecule has 0 radical (unpaired) electrons. The molecule has 62 valence electrons.